The van der Waals surface area contributed by atoms with Gasteiger partial charge in [-0.3, -0.25) is 4.79 Å². The molecule has 0 saturated heterocycles. The number of pyridine rings is 1. The van der Waals surface area contributed by atoms with Gasteiger partial charge in [0, 0.05) is 29.2 Å². The molecule has 0 bridgehead atoms. The van der Waals surface area contributed by atoms with Crippen LogP contribution in [-0.2, 0) is 0 Å². The number of carbonyl (C=O) groups excluding carboxylic acids is 1. The molecule has 2 aromatic heterocycles. The second-order valence-electron chi connectivity index (χ2n) is 4.81. The van der Waals surface area contributed by atoms with E-state index in [1.807, 2.05) is 54.8 Å². The molecular formula is C17H16N4OS. The lowest BCUT2D eigenvalue weighted by atomic mass is 10.1. The van der Waals surface area contributed by atoms with Crippen LogP contribution >= 0.6 is 11.3 Å². The van der Waals surface area contributed by atoms with Crippen LogP contribution in [0.3, 0.4) is 0 Å². The molecule has 3 rings (SSSR count). The Kier molecular flexibility index (Phi) is 4.63. The lowest BCUT2D eigenvalue weighted by Crippen LogP contribution is -2.22. The summed E-state index contributed by atoms with van der Waals surface area (Å²) in [4.78, 5) is 20.5. The molecule has 116 valence electrons. The van der Waals surface area contributed by atoms with Crippen molar-refractivity contribution in [2.75, 3.05) is 11.9 Å². The lowest BCUT2D eigenvalue weighted by Gasteiger charge is -2.03. The smallest absolute Gasteiger partial charge is 0.251 e. The lowest BCUT2D eigenvalue weighted by molar-refractivity contribution is 0.0956. The summed E-state index contributed by atoms with van der Waals surface area (Å²) < 4.78 is 0. The molecule has 23 heavy (non-hydrogen) atoms. The fraction of sp³-hybridized carbons (Fsp3) is 0.118. The van der Waals surface area contributed by atoms with Crippen molar-refractivity contribution in [2.24, 2.45) is 0 Å². The number of nitrogens with zero attached hydrogens (tertiary/aromatic N) is 2. The van der Waals surface area contributed by atoms with Gasteiger partial charge in [0.2, 0.25) is 0 Å². The second-order valence-corrected chi connectivity index (χ2v) is 5.67. The number of thiazole rings is 1. The molecule has 0 saturated carbocycles. The van der Waals surface area contributed by atoms with Gasteiger partial charge in [-0.25, -0.2) is 9.97 Å². The Balaban J connectivity index is 1.74. The minimum absolute atomic E-state index is 0.0603. The molecular weight excluding hydrogens is 308 g/mol. The van der Waals surface area contributed by atoms with Gasteiger partial charge in [-0.2, -0.15) is 0 Å². The molecule has 6 heteroatoms. The van der Waals surface area contributed by atoms with Crippen molar-refractivity contribution in [3.8, 4) is 11.3 Å². The first kappa shape index (κ1) is 15.2. The van der Waals surface area contributed by atoms with Crippen molar-refractivity contribution in [3.05, 3.63) is 59.6 Å². The first-order chi connectivity index (χ1) is 11.3. The summed E-state index contributed by atoms with van der Waals surface area (Å²) in [6.07, 6.45) is 1.73. The second kappa shape index (κ2) is 7.02. The number of amides is 1. The minimum Gasteiger partial charge on any atom is -0.352 e. The van der Waals surface area contributed by atoms with Crippen molar-refractivity contribution in [2.45, 2.75) is 6.92 Å². The first-order valence-electron chi connectivity index (χ1n) is 7.28. The zero-order chi connectivity index (χ0) is 16.1. The van der Waals surface area contributed by atoms with Crippen LogP contribution in [-0.4, -0.2) is 22.4 Å². The van der Waals surface area contributed by atoms with Gasteiger partial charge in [-0.15, -0.1) is 11.3 Å². The van der Waals surface area contributed by atoms with Crippen LogP contribution in [0.15, 0.2) is 54.0 Å². The Morgan fingerprint density at radius 1 is 1.17 bits per heavy atom. The van der Waals surface area contributed by atoms with E-state index in [0.29, 0.717) is 12.1 Å². The molecule has 0 aliphatic rings. The molecule has 0 radical (unpaired) electrons. The molecule has 2 heterocycles. The summed E-state index contributed by atoms with van der Waals surface area (Å²) in [6, 6.07) is 13.1. The number of hydrogen-bond acceptors (Lipinski definition) is 5. The molecule has 5 nitrogen and oxygen atoms in total. The van der Waals surface area contributed by atoms with E-state index in [4.69, 9.17) is 0 Å². The van der Waals surface area contributed by atoms with Crippen LogP contribution in [0, 0.1) is 0 Å². The summed E-state index contributed by atoms with van der Waals surface area (Å²) in [7, 11) is 0. The van der Waals surface area contributed by atoms with Gasteiger partial charge < -0.3 is 10.6 Å². The van der Waals surface area contributed by atoms with Gasteiger partial charge >= 0.3 is 0 Å². The third-order valence-corrected chi connectivity index (χ3v) is 3.94. The van der Waals surface area contributed by atoms with E-state index in [9.17, 15) is 4.79 Å². The van der Waals surface area contributed by atoms with Gasteiger partial charge in [-0.05, 0) is 31.2 Å². The number of aromatic nitrogens is 2. The predicted molar refractivity (Wildman–Crippen MR) is 93.1 cm³/mol. The average molecular weight is 324 g/mol. The van der Waals surface area contributed by atoms with Gasteiger partial charge in [-0.1, -0.05) is 18.2 Å². The maximum absolute atomic E-state index is 11.8. The fourth-order valence-corrected chi connectivity index (χ4v) is 2.79. The van der Waals surface area contributed by atoms with Gasteiger partial charge in [0.15, 0.2) is 5.13 Å². The molecule has 0 spiro atoms. The highest BCUT2D eigenvalue weighted by molar-refractivity contribution is 7.14. The third-order valence-electron chi connectivity index (χ3n) is 3.18. The fourth-order valence-electron chi connectivity index (χ4n) is 2.06. The van der Waals surface area contributed by atoms with E-state index in [1.165, 1.54) is 11.3 Å². The van der Waals surface area contributed by atoms with Gasteiger partial charge in [0.1, 0.15) is 5.82 Å². The molecule has 3 aromatic rings. The largest absolute Gasteiger partial charge is 0.352 e. The van der Waals surface area contributed by atoms with E-state index in [-0.39, 0.29) is 5.91 Å². The van der Waals surface area contributed by atoms with Crippen molar-refractivity contribution in [1.29, 1.82) is 0 Å². The maximum Gasteiger partial charge on any atom is 0.251 e. The maximum atomic E-state index is 11.8. The molecule has 0 aliphatic heterocycles. The van der Waals surface area contributed by atoms with Crippen molar-refractivity contribution < 1.29 is 4.79 Å². The number of nitrogens with one attached hydrogen (secondary N) is 2. The van der Waals surface area contributed by atoms with Crippen LogP contribution < -0.4 is 10.6 Å². The number of carbonyl (C=O) groups is 1. The third kappa shape index (κ3) is 3.73. The zero-order valence-electron chi connectivity index (χ0n) is 12.6. The summed E-state index contributed by atoms with van der Waals surface area (Å²) in [5.41, 5.74) is 2.50. The number of anilines is 2. The summed E-state index contributed by atoms with van der Waals surface area (Å²) in [6.45, 7) is 2.52. The Bertz CT molecular complexity index is 784. The highest BCUT2D eigenvalue weighted by Gasteiger charge is 2.07. The van der Waals surface area contributed by atoms with Crippen LogP contribution in [0.25, 0.3) is 11.3 Å². The van der Waals surface area contributed by atoms with Crippen molar-refractivity contribution >= 4 is 28.2 Å². The Hall–Kier alpha value is -2.73. The number of hydrogen-bond donors (Lipinski definition) is 2. The summed E-state index contributed by atoms with van der Waals surface area (Å²) >= 11 is 1.52. The van der Waals surface area contributed by atoms with Crippen LogP contribution in [0.1, 0.15) is 17.3 Å². The monoisotopic (exact) mass is 324 g/mol. The summed E-state index contributed by atoms with van der Waals surface area (Å²) in [5.74, 6) is 0.704. The van der Waals surface area contributed by atoms with Crippen molar-refractivity contribution in [1.82, 2.24) is 15.3 Å². The first-order valence-corrected chi connectivity index (χ1v) is 8.16. The Morgan fingerprint density at radius 2 is 2.00 bits per heavy atom. The van der Waals surface area contributed by atoms with Crippen LogP contribution in [0.4, 0.5) is 10.9 Å². The molecule has 0 aliphatic carbocycles. The van der Waals surface area contributed by atoms with E-state index in [0.717, 1.165) is 22.2 Å². The van der Waals surface area contributed by atoms with E-state index in [1.54, 1.807) is 6.20 Å². The summed E-state index contributed by atoms with van der Waals surface area (Å²) in [5, 5.41) is 8.72. The SMILES string of the molecule is CCNC(=O)c1ccc(-c2csc(Nc3ccccn3)n2)cc1. The van der Waals surface area contributed by atoms with Crippen LogP contribution in [0.5, 0.6) is 0 Å². The molecule has 0 atom stereocenters. The highest BCUT2D eigenvalue weighted by Crippen LogP contribution is 2.26. The minimum atomic E-state index is -0.0603. The topological polar surface area (TPSA) is 66.9 Å². The quantitative estimate of drug-likeness (QED) is 0.751. The molecule has 1 amide bonds. The van der Waals surface area contributed by atoms with E-state index >= 15 is 0 Å². The zero-order valence-corrected chi connectivity index (χ0v) is 13.4. The van der Waals surface area contributed by atoms with E-state index < -0.39 is 0 Å². The number of benzene rings is 1. The van der Waals surface area contributed by atoms with Crippen LogP contribution in [0.2, 0.25) is 0 Å². The van der Waals surface area contributed by atoms with Crippen molar-refractivity contribution in [3.63, 3.8) is 0 Å². The highest BCUT2D eigenvalue weighted by atomic mass is 32.1. The molecule has 2 N–H and O–H groups in total. The molecule has 0 fully saturated rings. The molecule has 0 unspecified atom stereocenters. The Labute approximate surface area is 138 Å². The standard InChI is InChI=1S/C17H16N4OS/c1-2-18-16(22)13-8-6-12(7-9-13)14-11-23-17(20-14)21-15-5-3-4-10-19-15/h3-11H,2H2,1H3,(H,18,22)(H,19,20,21). The predicted octanol–water partition coefficient (Wildman–Crippen LogP) is 3.70. The number of rotatable bonds is 5. The Morgan fingerprint density at radius 3 is 2.70 bits per heavy atom. The molecule has 1 aromatic carbocycles. The van der Waals surface area contributed by atoms with Gasteiger partial charge in [0.05, 0.1) is 5.69 Å². The van der Waals surface area contributed by atoms with E-state index in [2.05, 4.69) is 20.6 Å². The average Bonchev–Trinajstić information content (AvgIpc) is 3.05. The normalized spacial score (nSPS) is 10.3. The van der Waals surface area contributed by atoms with Gasteiger partial charge in [0.25, 0.3) is 5.91 Å².